The molecule has 1 N–H and O–H groups in total. The zero-order chi connectivity index (χ0) is 16.2. The minimum Gasteiger partial charge on any atom is -0.460 e. The Bertz CT molecular complexity index is 799. The van der Waals surface area contributed by atoms with Gasteiger partial charge in [0, 0.05) is 12.1 Å². The molecule has 1 heterocycles. The van der Waals surface area contributed by atoms with Gasteiger partial charge < -0.3 is 9.73 Å². The van der Waals surface area contributed by atoms with Gasteiger partial charge in [0.2, 0.25) is 0 Å². The highest BCUT2D eigenvalue weighted by molar-refractivity contribution is 6.30. The average molecular weight is 334 g/mol. The van der Waals surface area contributed by atoms with Crippen LogP contribution in [-0.2, 0) is 13.1 Å². The fourth-order valence-corrected chi connectivity index (χ4v) is 2.42. The maximum atomic E-state index is 13.1. The van der Waals surface area contributed by atoms with Gasteiger partial charge in [-0.3, -0.25) is 0 Å². The summed E-state index contributed by atoms with van der Waals surface area (Å²) in [6.07, 6.45) is 0. The van der Waals surface area contributed by atoms with E-state index in [1.165, 1.54) is 18.2 Å². The van der Waals surface area contributed by atoms with Crippen LogP contribution in [0.1, 0.15) is 11.3 Å². The van der Waals surface area contributed by atoms with Crippen LogP contribution in [0.15, 0.2) is 59.0 Å². The monoisotopic (exact) mass is 333 g/mol. The molecule has 0 radical (unpaired) electrons. The summed E-state index contributed by atoms with van der Waals surface area (Å²) in [6, 6.07) is 14.5. The number of hydrogen-bond donors (Lipinski definition) is 1. The fraction of sp³-hybridized carbons (Fsp3) is 0.111. The summed E-state index contributed by atoms with van der Waals surface area (Å²) in [5.41, 5.74) is 1.71. The van der Waals surface area contributed by atoms with Gasteiger partial charge in [-0.05, 0) is 54.1 Å². The molecule has 2 aromatic carbocycles. The number of nitrogens with one attached hydrogen (secondary N) is 1. The van der Waals surface area contributed by atoms with Gasteiger partial charge in [0.15, 0.2) is 0 Å². The molecule has 0 saturated heterocycles. The first-order chi connectivity index (χ1) is 11.1. The zero-order valence-electron chi connectivity index (χ0n) is 12.2. The molecule has 3 aromatic rings. The average Bonchev–Trinajstić information content (AvgIpc) is 3.00. The highest BCUT2D eigenvalue weighted by atomic mass is 35.5. The van der Waals surface area contributed by atoms with Crippen LogP contribution >= 0.6 is 11.6 Å². The van der Waals surface area contributed by atoms with E-state index in [2.05, 4.69) is 5.32 Å². The Kier molecular flexibility index (Phi) is 4.74. The molecule has 5 heteroatoms. The molecule has 0 aliphatic rings. The molecule has 3 rings (SSSR count). The number of hydrogen-bond acceptors (Lipinski definition) is 2. The number of furan rings is 1. The lowest BCUT2D eigenvalue weighted by molar-refractivity contribution is 0.493. The van der Waals surface area contributed by atoms with Crippen molar-refractivity contribution in [2.24, 2.45) is 0 Å². The van der Waals surface area contributed by atoms with Crippen molar-refractivity contribution in [1.29, 1.82) is 0 Å². The normalized spacial score (nSPS) is 10.9. The van der Waals surface area contributed by atoms with Gasteiger partial charge in [-0.1, -0.05) is 17.7 Å². The van der Waals surface area contributed by atoms with Gasteiger partial charge in [0.25, 0.3) is 0 Å². The highest BCUT2D eigenvalue weighted by Crippen LogP contribution is 2.22. The maximum absolute atomic E-state index is 13.1. The fourth-order valence-electron chi connectivity index (χ4n) is 2.22. The molecule has 0 aliphatic carbocycles. The van der Waals surface area contributed by atoms with E-state index in [4.69, 9.17) is 16.0 Å². The maximum Gasteiger partial charge on any atom is 0.141 e. The first-order valence-electron chi connectivity index (χ1n) is 7.11. The van der Waals surface area contributed by atoms with Crippen LogP contribution in [0.4, 0.5) is 8.78 Å². The SMILES string of the molecule is Fc1ccc(-c2ccc(CNCc3ccc(F)c(Cl)c3)o2)cc1. The summed E-state index contributed by atoms with van der Waals surface area (Å²) >= 11 is 5.74. The topological polar surface area (TPSA) is 25.2 Å². The molecule has 0 aliphatic heterocycles. The van der Waals surface area contributed by atoms with Crippen LogP contribution in [0.25, 0.3) is 11.3 Å². The molecule has 0 bridgehead atoms. The smallest absolute Gasteiger partial charge is 0.141 e. The molecular weight excluding hydrogens is 320 g/mol. The van der Waals surface area contributed by atoms with Gasteiger partial charge in [-0.25, -0.2) is 8.78 Å². The van der Waals surface area contributed by atoms with Crippen molar-refractivity contribution in [2.75, 3.05) is 0 Å². The molecule has 0 atom stereocenters. The third kappa shape index (κ3) is 3.97. The minimum absolute atomic E-state index is 0.112. The third-order valence-corrected chi connectivity index (χ3v) is 3.69. The van der Waals surface area contributed by atoms with Crippen molar-refractivity contribution in [1.82, 2.24) is 5.32 Å². The highest BCUT2D eigenvalue weighted by Gasteiger charge is 2.05. The molecule has 0 unspecified atom stereocenters. The Morgan fingerprint density at radius 1 is 0.913 bits per heavy atom. The second kappa shape index (κ2) is 6.94. The number of benzene rings is 2. The Morgan fingerprint density at radius 3 is 2.43 bits per heavy atom. The summed E-state index contributed by atoms with van der Waals surface area (Å²) in [4.78, 5) is 0. The van der Waals surface area contributed by atoms with Crippen molar-refractivity contribution < 1.29 is 13.2 Å². The summed E-state index contributed by atoms with van der Waals surface area (Å²) in [6.45, 7) is 1.07. The lowest BCUT2D eigenvalue weighted by Gasteiger charge is -2.04. The van der Waals surface area contributed by atoms with E-state index in [-0.39, 0.29) is 10.8 Å². The standard InChI is InChI=1S/C18H14ClF2NO/c19-16-9-12(1-7-17(16)21)10-22-11-15-6-8-18(23-15)13-2-4-14(20)5-3-13/h1-9,22H,10-11H2. The molecule has 0 amide bonds. The van der Waals surface area contributed by atoms with E-state index in [0.29, 0.717) is 18.8 Å². The van der Waals surface area contributed by atoms with Crippen LogP contribution in [0.2, 0.25) is 5.02 Å². The molecule has 118 valence electrons. The largest absolute Gasteiger partial charge is 0.460 e. The lowest BCUT2D eigenvalue weighted by Crippen LogP contribution is -2.12. The van der Waals surface area contributed by atoms with Gasteiger partial charge in [-0.15, -0.1) is 0 Å². The second-order valence-corrected chi connectivity index (χ2v) is 5.53. The van der Waals surface area contributed by atoms with Crippen molar-refractivity contribution >= 4 is 11.6 Å². The summed E-state index contributed by atoms with van der Waals surface area (Å²) in [5, 5.41) is 3.32. The summed E-state index contributed by atoms with van der Waals surface area (Å²) in [7, 11) is 0. The molecule has 2 nitrogen and oxygen atoms in total. The number of rotatable bonds is 5. The van der Waals surface area contributed by atoms with Crippen molar-refractivity contribution in [3.05, 3.63) is 82.6 Å². The van der Waals surface area contributed by atoms with Gasteiger partial charge in [0.05, 0.1) is 11.6 Å². The molecule has 0 saturated carbocycles. The van der Waals surface area contributed by atoms with Crippen LogP contribution in [0.3, 0.4) is 0 Å². The zero-order valence-corrected chi connectivity index (χ0v) is 12.9. The lowest BCUT2D eigenvalue weighted by atomic mass is 10.2. The molecule has 0 fully saturated rings. The molecule has 1 aromatic heterocycles. The Balaban J connectivity index is 1.59. The molecule has 0 spiro atoms. The minimum atomic E-state index is -0.426. The first kappa shape index (κ1) is 15.7. The van der Waals surface area contributed by atoms with Gasteiger partial charge in [-0.2, -0.15) is 0 Å². The van der Waals surface area contributed by atoms with Gasteiger partial charge in [0.1, 0.15) is 23.2 Å². The second-order valence-electron chi connectivity index (χ2n) is 5.12. The van der Waals surface area contributed by atoms with E-state index in [0.717, 1.165) is 16.9 Å². The predicted molar refractivity (Wildman–Crippen MR) is 86.1 cm³/mol. The molecular formula is C18H14ClF2NO. The predicted octanol–water partition coefficient (Wildman–Crippen LogP) is 5.17. The summed E-state index contributed by atoms with van der Waals surface area (Å²) in [5.74, 6) is 0.745. The van der Waals surface area contributed by atoms with E-state index in [9.17, 15) is 8.78 Å². The van der Waals surface area contributed by atoms with E-state index < -0.39 is 5.82 Å². The van der Waals surface area contributed by atoms with E-state index in [1.807, 2.05) is 12.1 Å². The quantitative estimate of drug-likeness (QED) is 0.697. The Hall–Kier alpha value is -2.17. The van der Waals surface area contributed by atoms with E-state index >= 15 is 0 Å². The van der Waals surface area contributed by atoms with Crippen LogP contribution in [0, 0.1) is 11.6 Å². The van der Waals surface area contributed by atoms with Crippen molar-refractivity contribution in [3.63, 3.8) is 0 Å². The third-order valence-electron chi connectivity index (χ3n) is 3.40. The van der Waals surface area contributed by atoms with Gasteiger partial charge >= 0.3 is 0 Å². The van der Waals surface area contributed by atoms with Crippen LogP contribution < -0.4 is 5.32 Å². The summed E-state index contributed by atoms with van der Waals surface area (Å²) < 4.78 is 31.7. The van der Waals surface area contributed by atoms with Crippen molar-refractivity contribution in [3.8, 4) is 11.3 Å². The van der Waals surface area contributed by atoms with Crippen LogP contribution in [-0.4, -0.2) is 0 Å². The molecule has 23 heavy (non-hydrogen) atoms. The Morgan fingerprint density at radius 2 is 1.70 bits per heavy atom. The first-order valence-corrected chi connectivity index (χ1v) is 7.49. The van der Waals surface area contributed by atoms with Crippen LogP contribution in [0.5, 0.6) is 0 Å². The van der Waals surface area contributed by atoms with Crippen molar-refractivity contribution in [2.45, 2.75) is 13.1 Å². The Labute approximate surface area is 137 Å². The number of halogens is 3. The van der Waals surface area contributed by atoms with E-state index in [1.54, 1.807) is 24.3 Å².